The molecule has 3 aromatic carbocycles. The van der Waals surface area contributed by atoms with Crippen LogP contribution in [0.1, 0.15) is 25.8 Å². The molecule has 0 aliphatic carbocycles. The van der Waals surface area contributed by atoms with Crippen molar-refractivity contribution in [3.63, 3.8) is 0 Å². The van der Waals surface area contributed by atoms with Crippen LogP contribution in [0.15, 0.2) is 102 Å². The Bertz CT molecular complexity index is 1800. The number of pyridine rings is 1. The van der Waals surface area contributed by atoms with E-state index in [0.717, 1.165) is 22.2 Å². The number of nitrogens with zero attached hydrogens (tertiary/aromatic N) is 5. The SMILES string of the molecule is CC(C)CC(=O)Nc1ccccc1-n1nc2c3ccccc3n(Cc3ccc(-n4cccn4)cc3)cc-2c1=O. The Kier molecular flexibility index (Phi) is 6.28. The topological polar surface area (TPSA) is 86.7 Å². The highest BCUT2D eigenvalue weighted by Crippen LogP contribution is 2.30. The maximum Gasteiger partial charge on any atom is 0.282 e. The van der Waals surface area contributed by atoms with E-state index in [-0.39, 0.29) is 17.4 Å². The van der Waals surface area contributed by atoms with E-state index in [4.69, 9.17) is 5.10 Å². The number of amides is 1. The predicted octanol–water partition coefficient (Wildman–Crippen LogP) is 5.51. The van der Waals surface area contributed by atoms with Gasteiger partial charge in [-0.3, -0.25) is 9.59 Å². The number of anilines is 1. The van der Waals surface area contributed by atoms with E-state index < -0.39 is 0 Å². The highest BCUT2D eigenvalue weighted by molar-refractivity contribution is 5.95. The normalized spacial score (nSPS) is 11.5. The summed E-state index contributed by atoms with van der Waals surface area (Å²) in [5, 5.41) is 12.9. The second kappa shape index (κ2) is 10.1. The van der Waals surface area contributed by atoms with E-state index in [1.54, 1.807) is 18.3 Å². The van der Waals surface area contributed by atoms with Gasteiger partial charge >= 0.3 is 0 Å². The van der Waals surface area contributed by atoms with Crippen LogP contribution in [0.5, 0.6) is 0 Å². The van der Waals surface area contributed by atoms with Gasteiger partial charge in [-0.1, -0.05) is 56.3 Å². The van der Waals surface area contributed by atoms with E-state index in [0.29, 0.717) is 35.6 Å². The lowest BCUT2D eigenvalue weighted by atomic mass is 10.1. The molecule has 0 saturated heterocycles. The van der Waals surface area contributed by atoms with Gasteiger partial charge in [-0.15, -0.1) is 0 Å². The molecule has 1 N–H and O–H groups in total. The zero-order chi connectivity index (χ0) is 26.9. The highest BCUT2D eigenvalue weighted by Gasteiger charge is 2.22. The first-order valence-corrected chi connectivity index (χ1v) is 13.0. The third kappa shape index (κ3) is 4.72. The van der Waals surface area contributed by atoms with Gasteiger partial charge in [0.1, 0.15) is 5.69 Å². The molecule has 1 aromatic heterocycles. The number of carbonyl (C=O) groups is 1. The summed E-state index contributed by atoms with van der Waals surface area (Å²) in [6, 6.07) is 25.3. The standard InChI is InChI=1S/C31H28N6O2/c1-21(2)18-29(38)33-26-9-4-6-11-28(26)37-31(39)25-20-35(27-10-5-3-8-24(27)30(25)34-37)19-22-12-14-23(15-13-22)36-17-7-16-32-36/h3-17,20-21H,18-19H2,1-2H3,(H,33,38). The van der Waals surface area contributed by atoms with Crippen molar-refractivity contribution in [3.8, 4) is 22.6 Å². The van der Waals surface area contributed by atoms with Gasteiger partial charge in [0.15, 0.2) is 0 Å². The van der Waals surface area contributed by atoms with Gasteiger partial charge in [-0.2, -0.15) is 14.9 Å². The first kappa shape index (κ1) is 24.4. The van der Waals surface area contributed by atoms with Crippen molar-refractivity contribution in [3.05, 3.63) is 113 Å². The van der Waals surface area contributed by atoms with Crippen LogP contribution in [-0.2, 0) is 11.3 Å². The minimum Gasteiger partial charge on any atom is -0.342 e. The summed E-state index contributed by atoms with van der Waals surface area (Å²) in [5.74, 6) is 0.131. The van der Waals surface area contributed by atoms with Crippen LogP contribution in [0.25, 0.3) is 33.5 Å². The molecule has 8 heteroatoms. The monoisotopic (exact) mass is 516 g/mol. The Morgan fingerprint density at radius 2 is 1.72 bits per heavy atom. The van der Waals surface area contributed by atoms with Gasteiger partial charge in [0.05, 0.1) is 28.1 Å². The third-order valence-electron chi connectivity index (χ3n) is 6.69. The summed E-state index contributed by atoms with van der Waals surface area (Å²) in [6.07, 6.45) is 5.94. The molecule has 0 radical (unpaired) electrons. The molecular formula is C31H28N6O2. The minimum atomic E-state index is -0.232. The number of fused-ring (bicyclic) bond motifs is 3. The fraction of sp³-hybridized carbons (Fsp3) is 0.161. The van der Waals surface area contributed by atoms with Gasteiger partial charge in [-0.05, 0) is 47.9 Å². The number of nitrogens with one attached hydrogen (secondary N) is 1. The zero-order valence-corrected chi connectivity index (χ0v) is 21.8. The molecule has 8 nitrogen and oxygen atoms in total. The number of rotatable bonds is 7. The summed E-state index contributed by atoms with van der Waals surface area (Å²) in [5.41, 5.74) is 5.07. The molecule has 0 bridgehead atoms. The van der Waals surface area contributed by atoms with Crippen molar-refractivity contribution < 1.29 is 4.79 Å². The first-order valence-electron chi connectivity index (χ1n) is 13.0. The lowest BCUT2D eigenvalue weighted by Crippen LogP contribution is -2.19. The van der Waals surface area contributed by atoms with E-state index in [1.807, 2.05) is 85.5 Å². The summed E-state index contributed by atoms with van der Waals surface area (Å²) in [6.45, 7) is 4.58. The van der Waals surface area contributed by atoms with Crippen LogP contribution in [0, 0.1) is 5.92 Å². The molecular weight excluding hydrogens is 488 g/mol. The molecule has 0 saturated carbocycles. The molecule has 6 rings (SSSR count). The molecule has 194 valence electrons. The first-order chi connectivity index (χ1) is 19.0. The molecule has 0 unspecified atom stereocenters. The van der Waals surface area contributed by atoms with Crippen molar-refractivity contribution >= 4 is 22.5 Å². The predicted molar refractivity (Wildman–Crippen MR) is 153 cm³/mol. The molecule has 39 heavy (non-hydrogen) atoms. The van der Waals surface area contributed by atoms with Crippen molar-refractivity contribution in [1.82, 2.24) is 24.1 Å². The highest BCUT2D eigenvalue weighted by atomic mass is 16.2. The van der Waals surface area contributed by atoms with Crippen LogP contribution in [0.2, 0.25) is 0 Å². The largest absolute Gasteiger partial charge is 0.342 e. The zero-order valence-electron chi connectivity index (χ0n) is 21.8. The Morgan fingerprint density at radius 3 is 2.49 bits per heavy atom. The average Bonchev–Trinajstić information content (AvgIpc) is 3.58. The summed E-state index contributed by atoms with van der Waals surface area (Å²) >= 11 is 0. The summed E-state index contributed by atoms with van der Waals surface area (Å²) in [4.78, 5) is 26.3. The van der Waals surface area contributed by atoms with Crippen molar-refractivity contribution in [2.24, 2.45) is 5.92 Å². The lowest BCUT2D eigenvalue weighted by molar-refractivity contribution is -0.116. The van der Waals surface area contributed by atoms with Crippen LogP contribution in [0.4, 0.5) is 5.69 Å². The van der Waals surface area contributed by atoms with Crippen molar-refractivity contribution in [2.45, 2.75) is 26.8 Å². The second-order valence-electron chi connectivity index (χ2n) is 10.0. The molecule has 2 aliphatic rings. The smallest absolute Gasteiger partial charge is 0.282 e. The number of para-hydroxylation sites is 3. The summed E-state index contributed by atoms with van der Waals surface area (Å²) < 4.78 is 5.30. The van der Waals surface area contributed by atoms with E-state index in [1.165, 1.54) is 4.68 Å². The fourth-order valence-corrected chi connectivity index (χ4v) is 4.88. The van der Waals surface area contributed by atoms with E-state index in [2.05, 4.69) is 27.1 Å². The van der Waals surface area contributed by atoms with E-state index in [9.17, 15) is 9.59 Å². The number of aromatic nitrogens is 5. The van der Waals surface area contributed by atoms with Crippen LogP contribution in [0.3, 0.4) is 0 Å². The molecule has 3 heterocycles. The minimum absolute atomic E-state index is 0.0940. The maximum absolute atomic E-state index is 13.7. The number of carbonyl (C=O) groups excluding carboxylic acids is 1. The quantitative estimate of drug-likeness (QED) is 0.303. The van der Waals surface area contributed by atoms with Gasteiger partial charge in [0, 0.05) is 36.9 Å². The molecule has 0 fully saturated rings. The average molecular weight is 517 g/mol. The van der Waals surface area contributed by atoms with Gasteiger partial charge in [0.2, 0.25) is 5.91 Å². The van der Waals surface area contributed by atoms with Crippen LogP contribution < -0.4 is 10.9 Å². The Hall–Kier alpha value is -4.98. The maximum atomic E-state index is 13.7. The van der Waals surface area contributed by atoms with Crippen LogP contribution in [-0.4, -0.2) is 30.0 Å². The second-order valence-corrected chi connectivity index (χ2v) is 10.0. The van der Waals surface area contributed by atoms with Gasteiger partial charge < -0.3 is 9.88 Å². The molecule has 2 aliphatic heterocycles. The summed E-state index contributed by atoms with van der Waals surface area (Å²) in [7, 11) is 0. The fourth-order valence-electron chi connectivity index (χ4n) is 4.88. The Morgan fingerprint density at radius 1 is 0.949 bits per heavy atom. The molecule has 0 atom stereocenters. The number of hydrogen-bond acceptors (Lipinski definition) is 4. The van der Waals surface area contributed by atoms with Gasteiger partial charge in [0.25, 0.3) is 5.56 Å². The third-order valence-corrected chi connectivity index (χ3v) is 6.69. The Labute approximate surface area is 225 Å². The van der Waals surface area contributed by atoms with Crippen LogP contribution >= 0.6 is 0 Å². The van der Waals surface area contributed by atoms with Crippen molar-refractivity contribution in [2.75, 3.05) is 5.32 Å². The number of benzene rings is 3. The lowest BCUT2D eigenvalue weighted by Gasteiger charge is -2.14. The van der Waals surface area contributed by atoms with Gasteiger partial charge in [-0.25, -0.2) is 4.68 Å². The van der Waals surface area contributed by atoms with Crippen molar-refractivity contribution in [1.29, 1.82) is 0 Å². The molecule has 0 spiro atoms. The Balaban J connectivity index is 1.42. The molecule has 1 amide bonds. The van der Waals surface area contributed by atoms with E-state index >= 15 is 0 Å². The molecule has 4 aromatic rings. The number of hydrogen-bond donors (Lipinski definition) is 1.